The van der Waals surface area contributed by atoms with Crippen molar-refractivity contribution in [3.05, 3.63) is 63.6 Å². The lowest BCUT2D eigenvalue weighted by atomic mass is 10.0. The molecule has 0 saturated carbocycles. The predicted molar refractivity (Wildman–Crippen MR) is 67.1 cm³/mol. The van der Waals surface area contributed by atoms with Crippen LogP contribution >= 0.6 is 15.9 Å². The number of hydrogen-bond acceptors (Lipinski definition) is 2. The van der Waals surface area contributed by atoms with Gasteiger partial charge in [-0.15, -0.1) is 0 Å². The first-order valence-electron chi connectivity index (χ1n) is 5.13. The van der Waals surface area contributed by atoms with Gasteiger partial charge in [-0.25, -0.2) is 4.39 Å². The standard InChI is InChI=1S/C13H11BrFNO/c1-8-2-3-9(7-16-8)13(17)11-6-10(15)4-5-12(11)14/h2-7,13,17H,1H3. The normalized spacial score (nSPS) is 12.5. The molecule has 4 heteroatoms. The number of aryl methyl sites for hydroxylation is 1. The first-order chi connectivity index (χ1) is 8.08. The van der Waals surface area contributed by atoms with E-state index in [0.29, 0.717) is 15.6 Å². The topological polar surface area (TPSA) is 33.1 Å². The minimum atomic E-state index is -0.881. The van der Waals surface area contributed by atoms with Crippen LogP contribution in [-0.2, 0) is 0 Å². The van der Waals surface area contributed by atoms with Gasteiger partial charge >= 0.3 is 0 Å². The summed E-state index contributed by atoms with van der Waals surface area (Å²) < 4.78 is 13.8. The molecule has 1 unspecified atom stereocenters. The molecule has 2 aromatic rings. The highest BCUT2D eigenvalue weighted by Gasteiger charge is 2.14. The van der Waals surface area contributed by atoms with Crippen molar-refractivity contribution in [2.45, 2.75) is 13.0 Å². The van der Waals surface area contributed by atoms with Crippen LogP contribution in [0.15, 0.2) is 41.0 Å². The number of rotatable bonds is 2. The van der Waals surface area contributed by atoms with Gasteiger partial charge in [-0.05, 0) is 31.2 Å². The smallest absolute Gasteiger partial charge is 0.123 e. The Bertz CT molecular complexity index is 527. The average molecular weight is 296 g/mol. The Kier molecular flexibility index (Phi) is 3.54. The minimum Gasteiger partial charge on any atom is -0.384 e. The summed E-state index contributed by atoms with van der Waals surface area (Å²) in [5.74, 6) is -0.373. The van der Waals surface area contributed by atoms with E-state index in [1.807, 2.05) is 13.0 Å². The summed E-state index contributed by atoms with van der Waals surface area (Å²) in [5, 5.41) is 10.2. The lowest BCUT2D eigenvalue weighted by Gasteiger charge is -2.13. The molecule has 0 saturated heterocycles. The Labute approximate surface area is 107 Å². The molecule has 0 aliphatic rings. The molecule has 1 heterocycles. The van der Waals surface area contributed by atoms with Crippen LogP contribution in [0.25, 0.3) is 0 Å². The summed E-state index contributed by atoms with van der Waals surface area (Å²) in [5.41, 5.74) is 2.01. The zero-order chi connectivity index (χ0) is 12.4. The van der Waals surface area contributed by atoms with Crippen molar-refractivity contribution in [1.82, 2.24) is 4.98 Å². The first-order valence-corrected chi connectivity index (χ1v) is 5.93. The van der Waals surface area contributed by atoms with Crippen LogP contribution < -0.4 is 0 Å². The highest BCUT2D eigenvalue weighted by atomic mass is 79.9. The zero-order valence-electron chi connectivity index (χ0n) is 9.19. The highest BCUT2D eigenvalue weighted by molar-refractivity contribution is 9.10. The van der Waals surface area contributed by atoms with E-state index in [1.54, 1.807) is 18.3 Å². The Morgan fingerprint density at radius 1 is 1.29 bits per heavy atom. The third-order valence-corrected chi connectivity index (χ3v) is 3.22. The van der Waals surface area contributed by atoms with Crippen LogP contribution in [-0.4, -0.2) is 10.1 Å². The second-order valence-electron chi connectivity index (χ2n) is 3.80. The largest absolute Gasteiger partial charge is 0.384 e. The molecule has 0 aliphatic carbocycles. The average Bonchev–Trinajstić information content (AvgIpc) is 2.32. The van der Waals surface area contributed by atoms with Crippen molar-refractivity contribution >= 4 is 15.9 Å². The maximum Gasteiger partial charge on any atom is 0.123 e. The minimum absolute atomic E-state index is 0.373. The number of halogens is 2. The molecule has 17 heavy (non-hydrogen) atoms. The van der Waals surface area contributed by atoms with Crippen molar-refractivity contribution in [2.24, 2.45) is 0 Å². The maximum absolute atomic E-state index is 13.1. The van der Waals surface area contributed by atoms with E-state index in [-0.39, 0.29) is 5.82 Å². The molecule has 1 atom stereocenters. The van der Waals surface area contributed by atoms with E-state index in [0.717, 1.165) is 5.69 Å². The van der Waals surface area contributed by atoms with Crippen LogP contribution in [0.4, 0.5) is 4.39 Å². The molecule has 1 N–H and O–H groups in total. The summed E-state index contributed by atoms with van der Waals surface area (Å²) >= 11 is 3.30. The van der Waals surface area contributed by atoms with E-state index in [1.165, 1.54) is 12.1 Å². The molecular weight excluding hydrogens is 285 g/mol. The molecule has 1 aromatic carbocycles. The van der Waals surface area contributed by atoms with Crippen LogP contribution in [0, 0.1) is 12.7 Å². The van der Waals surface area contributed by atoms with E-state index >= 15 is 0 Å². The SMILES string of the molecule is Cc1ccc(C(O)c2cc(F)ccc2Br)cn1. The van der Waals surface area contributed by atoms with Gasteiger partial charge in [-0.3, -0.25) is 4.98 Å². The summed E-state index contributed by atoms with van der Waals surface area (Å²) in [7, 11) is 0. The van der Waals surface area contributed by atoms with Crippen molar-refractivity contribution in [3.63, 3.8) is 0 Å². The van der Waals surface area contributed by atoms with Crippen molar-refractivity contribution in [1.29, 1.82) is 0 Å². The summed E-state index contributed by atoms with van der Waals surface area (Å²) in [6.45, 7) is 1.87. The molecule has 0 bridgehead atoms. The van der Waals surface area contributed by atoms with Gasteiger partial charge < -0.3 is 5.11 Å². The Hall–Kier alpha value is -1.26. The van der Waals surface area contributed by atoms with Gasteiger partial charge in [0.15, 0.2) is 0 Å². The number of aromatic nitrogens is 1. The number of nitrogens with zero attached hydrogens (tertiary/aromatic N) is 1. The van der Waals surface area contributed by atoms with E-state index < -0.39 is 6.10 Å². The molecule has 0 radical (unpaired) electrons. The predicted octanol–water partition coefficient (Wildman–Crippen LogP) is 3.37. The Morgan fingerprint density at radius 3 is 2.71 bits per heavy atom. The van der Waals surface area contributed by atoms with Gasteiger partial charge in [0.25, 0.3) is 0 Å². The summed E-state index contributed by atoms with van der Waals surface area (Å²) in [6.07, 6.45) is 0.713. The number of aliphatic hydroxyl groups is 1. The molecule has 1 aromatic heterocycles. The summed E-state index contributed by atoms with van der Waals surface area (Å²) in [4.78, 5) is 4.11. The van der Waals surface area contributed by atoms with E-state index in [2.05, 4.69) is 20.9 Å². The number of hydrogen-bond donors (Lipinski definition) is 1. The zero-order valence-corrected chi connectivity index (χ0v) is 10.8. The fourth-order valence-electron chi connectivity index (χ4n) is 1.54. The summed E-state index contributed by atoms with van der Waals surface area (Å²) in [6, 6.07) is 7.83. The molecule has 0 spiro atoms. The van der Waals surface area contributed by atoms with Gasteiger partial charge in [-0.1, -0.05) is 22.0 Å². The quantitative estimate of drug-likeness (QED) is 0.921. The molecule has 0 aliphatic heterocycles. The lowest BCUT2D eigenvalue weighted by Crippen LogP contribution is -2.02. The Morgan fingerprint density at radius 2 is 2.06 bits per heavy atom. The van der Waals surface area contributed by atoms with Crippen molar-refractivity contribution in [2.75, 3.05) is 0 Å². The van der Waals surface area contributed by atoms with Gasteiger partial charge in [0.2, 0.25) is 0 Å². The molecule has 2 rings (SSSR count). The van der Waals surface area contributed by atoms with Crippen LogP contribution in [0.1, 0.15) is 22.9 Å². The van der Waals surface area contributed by atoms with Gasteiger partial charge in [0, 0.05) is 27.5 Å². The fraction of sp³-hybridized carbons (Fsp3) is 0.154. The van der Waals surface area contributed by atoms with E-state index in [4.69, 9.17) is 0 Å². The Balaban J connectivity index is 2.39. The number of aliphatic hydroxyl groups excluding tert-OH is 1. The maximum atomic E-state index is 13.1. The van der Waals surface area contributed by atoms with Crippen LogP contribution in [0.2, 0.25) is 0 Å². The van der Waals surface area contributed by atoms with Crippen molar-refractivity contribution < 1.29 is 9.50 Å². The first kappa shape index (κ1) is 12.2. The van der Waals surface area contributed by atoms with Crippen LogP contribution in [0.3, 0.4) is 0 Å². The second kappa shape index (κ2) is 4.94. The molecule has 88 valence electrons. The molecular formula is C13H11BrFNO. The van der Waals surface area contributed by atoms with Crippen LogP contribution in [0.5, 0.6) is 0 Å². The van der Waals surface area contributed by atoms with Gasteiger partial charge in [0.1, 0.15) is 11.9 Å². The fourth-order valence-corrected chi connectivity index (χ4v) is 2.01. The molecule has 0 amide bonds. The monoisotopic (exact) mass is 295 g/mol. The third-order valence-electron chi connectivity index (χ3n) is 2.50. The molecule has 2 nitrogen and oxygen atoms in total. The molecule has 0 fully saturated rings. The number of pyridine rings is 1. The number of benzene rings is 1. The lowest BCUT2D eigenvalue weighted by molar-refractivity contribution is 0.218. The highest BCUT2D eigenvalue weighted by Crippen LogP contribution is 2.28. The van der Waals surface area contributed by atoms with E-state index in [9.17, 15) is 9.50 Å². The van der Waals surface area contributed by atoms with Gasteiger partial charge in [0.05, 0.1) is 0 Å². The van der Waals surface area contributed by atoms with Gasteiger partial charge in [-0.2, -0.15) is 0 Å². The second-order valence-corrected chi connectivity index (χ2v) is 4.66. The third kappa shape index (κ3) is 2.70. The van der Waals surface area contributed by atoms with Crippen molar-refractivity contribution in [3.8, 4) is 0 Å².